The maximum atomic E-state index is 5.59. The van der Waals surface area contributed by atoms with E-state index in [2.05, 4.69) is 60.2 Å². The molecule has 0 aliphatic rings. The van der Waals surface area contributed by atoms with Crippen LogP contribution in [0.15, 0.2) is 28.7 Å². The Bertz CT molecular complexity index is 609. The molecule has 4 heteroatoms. The van der Waals surface area contributed by atoms with E-state index in [1.807, 2.05) is 17.4 Å². The van der Waals surface area contributed by atoms with E-state index >= 15 is 0 Å². The van der Waals surface area contributed by atoms with Gasteiger partial charge in [-0.2, -0.15) is 0 Å². The van der Waals surface area contributed by atoms with Gasteiger partial charge in [0.1, 0.15) is 5.75 Å². The average Bonchev–Trinajstić information content (AvgIpc) is 2.79. The Hall–Kier alpha value is -0.840. The Morgan fingerprint density at radius 2 is 2.05 bits per heavy atom. The second-order valence-corrected chi connectivity index (χ2v) is 7.38. The lowest BCUT2D eigenvalue weighted by Crippen LogP contribution is -2.23. The molecule has 21 heavy (non-hydrogen) atoms. The zero-order chi connectivity index (χ0) is 15.4. The summed E-state index contributed by atoms with van der Waals surface area (Å²) in [6.07, 6.45) is 1.11. The van der Waals surface area contributed by atoms with Crippen molar-refractivity contribution in [3.63, 3.8) is 0 Å². The van der Waals surface area contributed by atoms with Crippen LogP contribution in [0.3, 0.4) is 0 Å². The molecule has 0 saturated carbocycles. The van der Waals surface area contributed by atoms with E-state index < -0.39 is 0 Å². The van der Waals surface area contributed by atoms with Gasteiger partial charge >= 0.3 is 0 Å². The van der Waals surface area contributed by atoms with Crippen molar-refractivity contribution in [2.45, 2.75) is 33.2 Å². The molecular weight excluding hydrogens is 346 g/mol. The molecule has 1 aromatic heterocycles. The second kappa shape index (κ2) is 7.43. The summed E-state index contributed by atoms with van der Waals surface area (Å²) in [5, 5.41) is 3.67. The molecule has 2 rings (SSSR count). The van der Waals surface area contributed by atoms with Gasteiger partial charge < -0.3 is 10.1 Å². The summed E-state index contributed by atoms with van der Waals surface area (Å²) in [5.41, 5.74) is 2.54. The summed E-state index contributed by atoms with van der Waals surface area (Å²) in [5.74, 6) is 0.920. The van der Waals surface area contributed by atoms with Crippen molar-refractivity contribution in [2.75, 3.05) is 13.7 Å². The molecule has 0 spiro atoms. The molecule has 1 N–H and O–H groups in total. The number of benzene rings is 1. The van der Waals surface area contributed by atoms with Gasteiger partial charge in [-0.3, -0.25) is 0 Å². The smallest absolute Gasteiger partial charge is 0.125 e. The third-order valence-corrected chi connectivity index (χ3v) is 5.16. The number of aryl methyl sites for hydroxylation is 2. The summed E-state index contributed by atoms with van der Waals surface area (Å²) in [7, 11) is 1.73. The third-order valence-electron chi connectivity index (χ3n) is 3.45. The van der Waals surface area contributed by atoms with Crippen molar-refractivity contribution in [2.24, 2.45) is 0 Å². The highest BCUT2D eigenvalue weighted by Gasteiger charge is 2.21. The maximum Gasteiger partial charge on any atom is 0.125 e. The van der Waals surface area contributed by atoms with Crippen LogP contribution in [0.1, 0.15) is 40.3 Å². The molecule has 0 fully saturated rings. The molecular formula is C17H22BrNOS. The zero-order valence-corrected chi connectivity index (χ0v) is 15.4. The molecule has 1 unspecified atom stereocenters. The fraction of sp³-hybridized carbons (Fsp3) is 0.412. The largest absolute Gasteiger partial charge is 0.496 e. The van der Waals surface area contributed by atoms with Crippen molar-refractivity contribution in [3.8, 4) is 5.75 Å². The van der Waals surface area contributed by atoms with Gasteiger partial charge in [0, 0.05) is 19.8 Å². The summed E-state index contributed by atoms with van der Waals surface area (Å²) >= 11 is 5.38. The molecule has 2 aromatic rings. The molecule has 0 aliphatic carbocycles. The molecule has 1 atom stereocenters. The van der Waals surface area contributed by atoms with Crippen LogP contribution in [0, 0.1) is 13.8 Å². The average molecular weight is 368 g/mol. The van der Waals surface area contributed by atoms with Crippen LogP contribution in [0.25, 0.3) is 0 Å². The number of halogens is 1. The monoisotopic (exact) mass is 367 g/mol. The van der Waals surface area contributed by atoms with Gasteiger partial charge in [0.05, 0.1) is 13.2 Å². The lowest BCUT2D eigenvalue weighted by Gasteiger charge is -2.21. The van der Waals surface area contributed by atoms with E-state index in [-0.39, 0.29) is 6.04 Å². The fourth-order valence-corrected chi connectivity index (χ4v) is 3.97. The molecule has 0 aliphatic heterocycles. The van der Waals surface area contributed by atoms with Gasteiger partial charge in [-0.15, -0.1) is 11.3 Å². The van der Waals surface area contributed by atoms with Gasteiger partial charge in [0.25, 0.3) is 0 Å². The maximum absolute atomic E-state index is 5.59. The highest BCUT2D eigenvalue weighted by Crippen LogP contribution is 2.37. The Kier molecular flexibility index (Phi) is 5.85. The highest BCUT2D eigenvalue weighted by molar-refractivity contribution is 9.10. The van der Waals surface area contributed by atoms with Crippen molar-refractivity contribution in [1.29, 1.82) is 0 Å². The standard InChI is InChI=1S/C17H22BrNOS/c1-5-8-19-16(17-11(2)9-12(3)21-17)14-7-6-13(18)10-15(14)20-4/h6-7,9-10,16,19H,5,8H2,1-4H3. The number of hydrogen-bond acceptors (Lipinski definition) is 3. The van der Waals surface area contributed by atoms with Gasteiger partial charge in [-0.25, -0.2) is 0 Å². The molecule has 0 saturated heterocycles. The highest BCUT2D eigenvalue weighted by atomic mass is 79.9. The van der Waals surface area contributed by atoms with Crippen molar-refractivity contribution in [3.05, 3.63) is 49.6 Å². The van der Waals surface area contributed by atoms with Crippen LogP contribution in [0.2, 0.25) is 0 Å². The van der Waals surface area contributed by atoms with E-state index in [9.17, 15) is 0 Å². The first-order chi connectivity index (χ1) is 10.1. The number of rotatable bonds is 6. The summed E-state index contributed by atoms with van der Waals surface area (Å²) < 4.78 is 6.63. The van der Waals surface area contributed by atoms with Gasteiger partial charge in [-0.1, -0.05) is 28.9 Å². The number of ether oxygens (including phenoxy) is 1. The van der Waals surface area contributed by atoms with Crippen molar-refractivity contribution < 1.29 is 4.74 Å². The molecule has 0 radical (unpaired) electrons. The Morgan fingerprint density at radius 3 is 2.62 bits per heavy atom. The molecule has 0 bridgehead atoms. The Labute approximate surface area is 139 Å². The number of hydrogen-bond donors (Lipinski definition) is 1. The predicted octanol–water partition coefficient (Wildman–Crippen LogP) is 5.23. The van der Waals surface area contributed by atoms with Gasteiger partial charge in [0.2, 0.25) is 0 Å². The molecule has 1 heterocycles. The van der Waals surface area contributed by atoms with Crippen LogP contribution < -0.4 is 10.1 Å². The van der Waals surface area contributed by atoms with E-state index in [1.54, 1.807) is 7.11 Å². The first-order valence-corrected chi connectivity index (χ1v) is 8.81. The van der Waals surface area contributed by atoms with E-state index in [1.165, 1.54) is 20.9 Å². The van der Waals surface area contributed by atoms with Crippen molar-refractivity contribution >= 4 is 27.3 Å². The minimum atomic E-state index is 0.187. The SMILES string of the molecule is CCCNC(c1ccc(Br)cc1OC)c1sc(C)cc1C. The van der Waals surface area contributed by atoms with Gasteiger partial charge in [0.15, 0.2) is 0 Å². The van der Waals surface area contributed by atoms with Crippen LogP contribution in [0.4, 0.5) is 0 Å². The van der Waals surface area contributed by atoms with Gasteiger partial charge in [-0.05, 0) is 50.6 Å². The van der Waals surface area contributed by atoms with Crippen LogP contribution in [-0.4, -0.2) is 13.7 Å². The summed E-state index contributed by atoms with van der Waals surface area (Å²) in [6, 6.07) is 8.70. The minimum absolute atomic E-state index is 0.187. The zero-order valence-electron chi connectivity index (χ0n) is 13.0. The lowest BCUT2D eigenvalue weighted by atomic mass is 10.0. The Balaban J connectivity index is 2.47. The van der Waals surface area contributed by atoms with Crippen molar-refractivity contribution in [1.82, 2.24) is 5.32 Å². The normalized spacial score (nSPS) is 12.4. The number of thiophene rings is 1. The minimum Gasteiger partial charge on any atom is -0.496 e. The van der Waals surface area contributed by atoms with E-state index in [0.717, 1.165) is 23.2 Å². The quantitative estimate of drug-likeness (QED) is 0.754. The fourth-order valence-electron chi connectivity index (χ4n) is 2.50. The summed E-state index contributed by atoms with van der Waals surface area (Å²) in [4.78, 5) is 2.73. The first-order valence-electron chi connectivity index (χ1n) is 7.20. The summed E-state index contributed by atoms with van der Waals surface area (Å²) in [6.45, 7) is 7.53. The topological polar surface area (TPSA) is 21.3 Å². The van der Waals surface area contributed by atoms with Crippen LogP contribution >= 0.6 is 27.3 Å². The van der Waals surface area contributed by atoms with Crippen LogP contribution in [-0.2, 0) is 0 Å². The Morgan fingerprint density at radius 1 is 1.29 bits per heavy atom. The molecule has 1 aromatic carbocycles. The molecule has 2 nitrogen and oxygen atoms in total. The second-order valence-electron chi connectivity index (χ2n) is 5.18. The van der Waals surface area contributed by atoms with Crippen LogP contribution in [0.5, 0.6) is 5.75 Å². The first kappa shape index (κ1) is 16.5. The number of nitrogens with one attached hydrogen (secondary N) is 1. The van der Waals surface area contributed by atoms with E-state index in [4.69, 9.17) is 4.74 Å². The number of methoxy groups -OCH3 is 1. The predicted molar refractivity (Wildman–Crippen MR) is 94.6 cm³/mol. The van der Waals surface area contributed by atoms with E-state index in [0.29, 0.717) is 0 Å². The third kappa shape index (κ3) is 3.87. The lowest BCUT2D eigenvalue weighted by molar-refractivity contribution is 0.404. The molecule has 114 valence electrons. The molecule has 0 amide bonds.